The summed E-state index contributed by atoms with van der Waals surface area (Å²) in [5.41, 5.74) is 2.54. The standard InChI is InChI=1S/C18H21ClNS/c1-4-13(2)20(3)11-9-17-15(10-12-21-17)18(20)14-7-5-6-8-16(14)19/h5-10,12-13H,4,11H2,1-3H3/q+1. The van der Waals surface area contributed by atoms with Gasteiger partial charge in [0.1, 0.15) is 6.54 Å². The van der Waals surface area contributed by atoms with Crippen LogP contribution in [0.25, 0.3) is 11.8 Å². The Balaban J connectivity index is 2.37. The first-order chi connectivity index (χ1) is 10.1. The van der Waals surface area contributed by atoms with Gasteiger partial charge in [-0.3, -0.25) is 4.48 Å². The van der Waals surface area contributed by atoms with Crippen molar-refractivity contribution in [3.63, 3.8) is 0 Å². The van der Waals surface area contributed by atoms with Gasteiger partial charge in [-0.15, -0.1) is 11.3 Å². The van der Waals surface area contributed by atoms with Gasteiger partial charge in [0.2, 0.25) is 0 Å². The number of nitrogens with zero attached hydrogens (tertiary/aromatic N) is 1. The van der Waals surface area contributed by atoms with Crippen molar-refractivity contribution >= 4 is 34.7 Å². The summed E-state index contributed by atoms with van der Waals surface area (Å²) in [6.45, 7) is 5.63. The smallest absolute Gasteiger partial charge is 0.150 e. The first-order valence-electron chi connectivity index (χ1n) is 7.46. The molecule has 0 bridgehead atoms. The highest BCUT2D eigenvalue weighted by molar-refractivity contribution is 7.07. The second-order valence-corrected chi connectivity index (χ2v) is 7.29. The Morgan fingerprint density at radius 1 is 1.29 bits per heavy atom. The number of rotatable bonds is 3. The Bertz CT molecular complexity index is 777. The normalized spacial score (nSPS) is 22.6. The van der Waals surface area contributed by atoms with E-state index in [-0.39, 0.29) is 0 Å². The minimum atomic E-state index is 0.556. The molecule has 0 saturated heterocycles. The fourth-order valence-electron chi connectivity index (χ4n) is 3.19. The van der Waals surface area contributed by atoms with E-state index in [1.807, 2.05) is 23.5 Å². The van der Waals surface area contributed by atoms with Crippen LogP contribution in [0.3, 0.4) is 0 Å². The molecule has 1 aromatic heterocycles. The van der Waals surface area contributed by atoms with E-state index in [4.69, 9.17) is 11.6 Å². The predicted molar refractivity (Wildman–Crippen MR) is 92.8 cm³/mol. The van der Waals surface area contributed by atoms with Crippen LogP contribution < -0.4 is 9.75 Å². The van der Waals surface area contributed by atoms with Gasteiger partial charge in [0.15, 0.2) is 5.70 Å². The number of halogens is 1. The number of benzene rings is 1. The summed E-state index contributed by atoms with van der Waals surface area (Å²) in [4.78, 5) is 0. The molecule has 2 heterocycles. The van der Waals surface area contributed by atoms with Crippen molar-refractivity contribution in [3.8, 4) is 0 Å². The monoisotopic (exact) mass is 318 g/mol. The lowest BCUT2D eigenvalue weighted by Gasteiger charge is -2.41. The van der Waals surface area contributed by atoms with E-state index in [2.05, 4.69) is 50.6 Å². The molecule has 1 aliphatic heterocycles. The molecule has 110 valence electrons. The maximum atomic E-state index is 6.53. The summed E-state index contributed by atoms with van der Waals surface area (Å²) in [5, 5.41) is 4.38. The van der Waals surface area contributed by atoms with Gasteiger partial charge in [-0.1, -0.05) is 30.7 Å². The van der Waals surface area contributed by atoms with Crippen molar-refractivity contribution in [1.29, 1.82) is 0 Å². The van der Waals surface area contributed by atoms with Gasteiger partial charge >= 0.3 is 0 Å². The van der Waals surface area contributed by atoms with Crippen molar-refractivity contribution in [2.24, 2.45) is 0 Å². The zero-order valence-corrected chi connectivity index (χ0v) is 14.3. The number of quaternary nitrogens is 1. The van der Waals surface area contributed by atoms with Crippen molar-refractivity contribution < 1.29 is 4.48 Å². The highest BCUT2D eigenvalue weighted by Crippen LogP contribution is 2.33. The van der Waals surface area contributed by atoms with Gasteiger partial charge in [0.05, 0.1) is 28.9 Å². The van der Waals surface area contributed by atoms with E-state index in [9.17, 15) is 0 Å². The van der Waals surface area contributed by atoms with Crippen LogP contribution in [-0.2, 0) is 0 Å². The second kappa shape index (κ2) is 5.60. The Kier molecular flexibility index (Phi) is 3.96. The Labute approximate surface area is 135 Å². The van der Waals surface area contributed by atoms with E-state index in [0.29, 0.717) is 6.04 Å². The third kappa shape index (κ3) is 2.36. The van der Waals surface area contributed by atoms with Gasteiger partial charge in [-0.25, -0.2) is 0 Å². The maximum Gasteiger partial charge on any atom is 0.150 e. The lowest BCUT2D eigenvalue weighted by molar-refractivity contribution is -0.856. The van der Waals surface area contributed by atoms with Crippen molar-refractivity contribution in [2.75, 3.05) is 13.6 Å². The van der Waals surface area contributed by atoms with Crippen LogP contribution in [0.2, 0.25) is 5.02 Å². The molecular formula is C18H21ClNS+. The number of hydrogen-bond acceptors (Lipinski definition) is 1. The molecule has 0 amide bonds. The zero-order valence-electron chi connectivity index (χ0n) is 12.8. The molecular weight excluding hydrogens is 298 g/mol. The zero-order chi connectivity index (χ0) is 15.0. The minimum Gasteiger partial charge on any atom is -0.287 e. The summed E-state index contributed by atoms with van der Waals surface area (Å²) in [6, 6.07) is 11.0. The third-order valence-electron chi connectivity index (χ3n) is 4.81. The molecule has 3 rings (SSSR count). The lowest BCUT2D eigenvalue weighted by Crippen LogP contribution is -2.55. The molecule has 0 spiro atoms. The fraction of sp³-hybridized carbons (Fsp3) is 0.333. The minimum absolute atomic E-state index is 0.556. The highest BCUT2D eigenvalue weighted by atomic mass is 35.5. The molecule has 0 N–H and O–H groups in total. The van der Waals surface area contributed by atoms with Crippen LogP contribution in [0.5, 0.6) is 0 Å². The Morgan fingerprint density at radius 3 is 2.76 bits per heavy atom. The van der Waals surface area contributed by atoms with E-state index in [1.165, 1.54) is 21.0 Å². The largest absolute Gasteiger partial charge is 0.287 e. The molecule has 0 fully saturated rings. The summed E-state index contributed by atoms with van der Waals surface area (Å²) >= 11 is 8.35. The number of fused-ring (bicyclic) bond motifs is 1. The molecule has 1 nitrogen and oxygen atoms in total. The van der Waals surface area contributed by atoms with Gasteiger partial charge in [0, 0.05) is 4.53 Å². The Hall–Kier alpha value is -1.09. The van der Waals surface area contributed by atoms with Crippen molar-refractivity contribution in [2.45, 2.75) is 26.3 Å². The fourth-order valence-corrected chi connectivity index (χ4v) is 4.23. The quantitative estimate of drug-likeness (QED) is 0.759. The van der Waals surface area contributed by atoms with Crippen LogP contribution in [0.15, 0.2) is 35.7 Å². The van der Waals surface area contributed by atoms with Gasteiger partial charge in [-0.2, -0.15) is 0 Å². The number of hydrogen-bond donors (Lipinski definition) is 0. The number of thiophene rings is 1. The van der Waals surface area contributed by atoms with Crippen LogP contribution in [0.1, 0.15) is 25.8 Å². The van der Waals surface area contributed by atoms with Crippen LogP contribution in [0.4, 0.5) is 0 Å². The lowest BCUT2D eigenvalue weighted by atomic mass is 10.0. The SMILES string of the molecule is CCC(C)[N+]1(C)CC=c2sccc2=C1c1ccccc1Cl. The molecule has 2 unspecified atom stereocenters. The summed E-state index contributed by atoms with van der Waals surface area (Å²) in [6.07, 6.45) is 3.53. The van der Waals surface area contributed by atoms with Crippen molar-refractivity contribution in [1.82, 2.24) is 0 Å². The van der Waals surface area contributed by atoms with Crippen LogP contribution >= 0.6 is 22.9 Å². The third-order valence-corrected chi connectivity index (χ3v) is 6.05. The average Bonchev–Trinajstić information content (AvgIpc) is 2.96. The predicted octanol–water partition coefficient (Wildman–Crippen LogP) is 3.60. The molecule has 0 aliphatic carbocycles. The second-order valence-electron chi connectivity index (χ2n) is 5.94. The molecule has 1 aromatic carbocycles. The van der Waals surface area contributed by atoms with E-state index < -0.39 is 0 Å². The molecule has 1 aliphatic rings. The van der Waals surface area contributed by atoms with E-state index >= 15 is 0 Å². The molecule has 2 aromatic rings. The van der Waals surface area contributed by atoms with Gasteiger partial charge in [-0.05, 0) is 43.0 Å². The van der Waals surface area contributed by atoms with Gasteiger partial charge in [0.25, 0.3) is 0 Å². The van der Waals surface area contributed by atoms with Gasteiger partial charge < -0.3 is 0 Å². The topological polar surface area (TPSA) is 0 Å². The molecule has 21 heavy (non-hydrogen) atoms. The molecule has 0 radical (unpaired) electrons. The van der Waals surface area contributed by atoms with Crippen LogP contribution in [-0.4, -0.2) is 24.1 Å². The first kappa shape index (κ1) is 14.8. The summed E-state index contributed by atoms with van der Waals surface area (Å²) in [7, 11) is 2.34. The van der Waals surface area contributed by atoms with E-state index in [1.54, 1.807) is 0 Å². The summed E-state index contributed by atoms with van der Waals surface area (Å²) in [5.74, 6) is 0. The highest BCUT2D eigenvalue weighted by Gasteiger charge is 2.36. The molecule has 3 heteroatoms. The van der Waals surface area contributed by atoms with Crippen molar-refractivity contribution in [3.05, 3.63) is 56.0 Å². The van der Waals surface area contributed by atoms with Crippen LogP contribution in [0, 0.1) is 0 Å². The van der Waals surface area contributed by atoms with E-state index in [0.717, 1.165) is 22.5 Å². The maximum absolute atomic E-state index is 6.53. The first-order valence-corrected chi connectivity index (χ1v) is 8.72. The molecule has 2 atom stereocenters. The summed E-state index contributed by atoms with van der Waals surface area (Å²) < 4.78 is 2.30. The Morgan fingerprint density at radius 2 is 2.05 bits per heavy atom. The average molecular weight is 319 g/mol. The molecule has 0 saturated carbocycles.